The van der Waals surface area contributed by atoms with E-state index in [2.05, 4.69) is 29.3 Å². The van der Waals surface area contributed by atoms with Crippen molar-refractivity contribution in [3.8, 4) is 5.75 Å². The Bertz CT molecular complexity index is 964. The zero-order valence-electron chi connectivity index (χ0n) is 18.8. The zero-order chi connectivity index (χ0) is 22.5. The van der Waals surface area contributed by atoms with Crippen LogP contribution in [0.15, 0.2) is 48.5 Å². The fourth-order valence-electron chi connectivity index (χ4n) is 4.22. The van der Waals surface area contributed by atoms with E-state index in [4.69, 9.17) is 9.47 Å². The number of amides is 2. The predicted molar refractivity (Wildman–Crippen MR) is 122 cm³/mol. The molecule has 1 fully saturated rings. The Morgan fingerprint density at radius 1 is 1.12 bits per heavy atom. The Balaban J connectivity index is 1.29. The van der Waals surface area contributed by atoms with E-state index in [1.54, 1.807) is 11.8 Å². The van der Waals surface area contributed by atoms with Crippen molar-refractivity contribution in [2.75, 3.05) is 31.1 Å². The Kier molecular flexibility index (Phi) is 7.07. The molecule has 7 nitrogen and oxygen atoms in total. The summed E-state index contributed by atoms with van der Waals surface area (Å²) in [6.07, 6.45) is -0.0531. The molecule has 0 radical (unpaired) electrons. The van der Waals surface area contributed by atoms with E-state index in [0.717, 1.165) is 31.8 Å². The van der Waals surface area contributed by atoms with Crippen molar-refractivity contribution in [1.29, 1.82) is 0 Å². The number of carbonyl (C=O) groups is 2. The number of para-hydroxylation sites is 2. The van der Waals surface area contributed by atoms with Gasteiger partial charge >= 0.3 is 0 Å². The van der Waals surface area contributed by atoms with Gasteiger partial charge in [-0.15, -0.1) is 0 Å². The molecule has 2 aliphatic heterocycles. The van der Waals surface area contributed by atoms with Gasteiger partial charge in [0.2, 0.25) is 5.91 Å². The molecule has 0 aliphatic carbocycles. The normalized spacial score (nSPS) is 21.1. The largest absolute Gasteiger partial charge is 0.479 e. The summed E-state index contributed by atoms with van der Waals surface area (Å²) in [5.74, 6) is 0.468. The average Bonchev–Trinajstić information content (AvgIpc) is 2.78. The van der Waals surface area contributed by atoms with Crippen LogP contribution in [0.5, 0.6) is 5.75 Å². The molecule has 0 aromatic heterocycles. The minimum Gasteiger partial charge on any atom is -0.479 e. The monoisotopic (exact) mass is 437 g/mol. The second-order valence-corrected chi connectivity index (χ2v) is 8.48. The molecule has 2 aliphatic rings. The van der Waals surface area contributed by atoms with Gasteiger partial charge in [-0.05, 0) is 37.1 Å². The molecule has 7 heteroatoms. The fourth-order valence-corrected chi connectivity index (χ4v) is 4.22. The minimum atomic E-state index is -0.551. The minimum absolute atomic E-state index is 0.0816. The van der Waals surface area contributed by atoms with Crippen molar-refractivity contribution in [2.24, 2.45) is 0 Å². The SMILES string of the molecule is C[C@H]1CN(Cc2cccc(CNC(=O)CCN3C(=O)[C@@H](C)Oc4ccccc43)c2)CCO1. The molecule has 170 valence electrons. The number of nitrogens with zero attached hydrogens (tertiary/aromatic N) is 2. The Labute approximate surface area is 189 Å². The number of benzene rings is 2. The lowest BCUT2D eigenvalue weighted by Crippen LogP contribution is -2.45. The molecule has 0 spiro atoms. The summed E-state index contributed by atoms with van der Waals surface area (Å²) in [5, 5.41) is 2.98. The number of morpholine rings is 1. The first-order valence-corrected chi connectivity index (χ1v) is 11.2. The quantitative estimate of drug-likeness (QED) is 0.721. The summed E-state index contributed by atoms with van der Waals surface area (Å²) in [6.45, 7) is 8.15. The van der Waals surface area contributed by atoms with Crippen molar-refractivity contribution in [1.82, 2.24) is 10.2 Å². The van der Waals surface area contributed by atoms with Crippen molar-refractivity contribution in [3.05, 3.63) is 59.7 Å². The van der Waals surface area contributed by atoms with Gasteiger partial charge in [-0.25, -0.2) is 0 Å². The summed E-state index contributed by atoms with van der Waals surface area (Å²) < 4.78 is 11.3. The number of hydrogen-bond donors (Lipinski definition) is 1. The Morgan fingerprint density at radius 2 is 1.94 bits per heavy atom. The second kappa shape index (κ2) is 10.1. The number of fused-ring (bicyclic) bond motifs is 1. The van der Waals surface area contributed by atoms with Gasteiger partial charge in [0.15, 0.2) is 6.10 Å². The highest BCUT2D eigenvalue weighted by Crippen LogP contribution is 2.33. The molecule has 0 bridgehead atoms. The molecule has 0 unspecified atom stereocenters. The molecule has 2 amide bonds. The Morgan fingerprint density at radius 3 is 2.78 bits per heavy atom. The zero-order valence-corrected chi connectivity index (χ0v) is 18.8. The number of carbonyl (C=O) groups excluding carboxylic acids is 2. The number of hydrogen-bond acceptors (Lipinski definition) is 5. The van der Waals surface area contributed by atoms with Crippen LogP contribution in [0, 0.1) is 0 Å². The summed E-state index contributed by atoms with van der Waals surface area (Å²) in [4.78, 5) is 29.1. The maximum Gasteiger partial charge on any atom is 0.267 e. The summed E-state index contributed by atoms with van der Waals surface area (Å²) in [5.41, 5.74) is 3.02. The van der Waals surface area contributed by atoms with E-state index < -0.39 is 6.10 Å². The van der Waals surface area contributed by atoms with Crippen LogP contribution in [0.3, 0.4) is 0 Å². The molecule has 0 saturated carbocycles. The predicted octanol–water partition coefficient (Wildman–Crippen LogP) is 2.73. The van der Waals surface area contributed by atoms with Gasteiger partial charge in [0.1, 0.15) is 5.75 Å². The van der Waals surface area contributed by atoms with Crippen molar-refractivity contribution in [3.63, 3.8) is 0 Å². The van der Waals surface area contributed by atoms with Crippen LogP contribution in [0.25, 0.3) is 0 Å². The molecule has 32 heavy (non-hydrogen) atoms. The van der Waals surface area contributed by atoms with E-state index in [-0.39, 0.29) is 24.3 Å². The van der Waals surface area contributed by atoms with E-state index in [9.17, 15) is 9.59 Å². The standard InChI is InChI=1S/C25H31N3O4/c1-18-16-27(12-13-31-18)17-21-7-5-6-20(14-21)15-26-24(29)10-11-28-22-8-3-4-9-23(22)32-19(2)25(28)30/h3-9,14,18-19H,10-13,15-17H2,1-2H3,(H,26,29)/t18-,19+/m0/s1. The van der Waals surface area contributed by atoms with Crippen LogP contribution in [-0.2, 0) is 27.4 Å². The molecular formula is C25H31N3O4. The van der Waals surface area contributed by atoms with Crippen molar-refractivity contribution in [2.45, 2.75) is 45.6 Å². The molecule has 4 rings (SSSR count). The van der Waals surface area contributed by atoms with Crippen LogP contribution in [0.2, 0.25) is 0 Å². The highest BCUT2D eigenvalue weighted by atomic mass is 16.5. The molecule has 1 N–H and O–H groups in total. The molecule has 1 saturated heterocycles. The molecular weight excluding hydrogens is 406 g/mol. The summed E-state index contributed by atoms with van der Waals surface area (Å²) in [6, 6.07) is 15.7. The maximum atomic E-state index is 12.6. The Hall–Kier alpha value is -2.90. The van der Waals surface area contributed by atoms with Crippen LogP contribution >= 0.6 is 0 Å². The van der Waals surface area contributed by atoms with Gasteiger partial charge in [-0.3, -0.25) is 14.5 Å². The lowest BCUT2D eigenvalue weighted by atomic mass is 10.1. The first-order chi connectivity index (χ1) is 15.5. The topological polar surface area (TPSA) is 71.1 Å². The second-order valence-electron chi connectivity index (χ2n) is 8.48. The third-order valence-corrected chi connectivity index (χ3v) is 5.85. The molecule has 2 atom stereocenters. The highest BCUT2D eigenvalue weighted by Gasteiger charge is 2.31. The van der Waals surface area contributed by atoms with E-state index in [0.29, 0.717) is 24.5 Å². The smallest absolute Gasteiger partial charge is 0.267 e. The first kappa shape index (κ1) is 22.3. The van der Waals surface area contributed by atoms with Crippen molar-refractivity contribution >= 4 is 17.5 Å². The van der Waals surface area contributed by atoms with Gasteiger partial charge in [-0.1, -0.05) is 36.4 Å². The van der Waals surface area contributed by atoms with Gasteiger partial charge in [0, 0.05) is 39.1 Å². The average molecular weight is 438 g/mol. The molecule has 2 heterocycles. The number of ether oxygens (including phenoxy) is 2. The highest BCUT2D eigenvalue weighted by molar-refractivity contribution is 6.00. The van der Waals surface area contributed by atoms with E-state index in [1.807, 2.05) is 36.4 Å². The molecule has 2 aromatic carbocycles. The third kappa shape index (κ3) is 5.47. The lowest BCUT2D eigenvalue weighted by molar-refractivity contribution is -0.125. The van der Waals surface area contributed by atoms with Gasteiger partial charge in [-0.2, -0.15) is 0 Å². The number of anilines is 1. The van der Waals surface area contributed by atoms with Crippen molar-refractivity contribution < 1.29 is 19.1 Å². The number of nitrogens with one attached hydrogen (secondary N) is 1. The van der Waals surface area contributed by atoms with Crippen LogP contribution < -0.4 is 15.0 Å². The van der Waals surface area contributed by atoms with Crippen LogP contribution in [0.1, 0.15) is 31.4 Å². The molecule has 2 aromatic rings. The summed E-state index contributed by atoms with van der Waals surface area (Å²) in [7, 11) is 0. The van der Waals surface area contributed by atoms with Gasteiger partial charge in [0.05, 0.1) is 18.4 Å². The summed E-state index contributed by atoms with van der Waals surface area (Å²) >= 11 is 0. The van der Waals surface area contributed by atoms with E-state index >= 15 is 0 Å². The maximum absolute atomic E-state index is 12.6. The third-order valence-electron chi connectivity index (χ3n) is 5.85. The number of rotatable bonds is 7. The van der Waals surface area contributed by atoms with Gasteiger partial charge < -0.3 is 19.7 Å². The van der Waals surface area contributed by atoms with Gasteiger partial charge in [0.25, 0.3) is 5.91 Å². The lowest BCUT2D eigenvalue weighted by Gasteiger charge is -2.32. The fraction of sp³-hybridized carbons (Fsp3) is 0.440. The van der Waals surface area contributed by atoms with Crippen LogP contribution in [0.4, 0.5) is 5.69 Å². The van der Waals surface area contributed by atoms with Crippen LogP contribution in [-0.4, -0.2) is 55.2 Å². The van der Waals surface area contributed by atoms with E-state index in [1.165, 1.54) is 5.56 Å². The first-order valence-electron chi connectivity index (χ1n) is 11.2.